The van der Waals surface area contributed by atoms with Gasteiger partial charge in [0.15, 0.2) is 0 Å². The van der Waals surface area contributed by atoms with E-state index in [9.17, 15) is 0 Å². The van der Waals surface area contributed by atoms with Gasteiger partial charge in [-0.25, -0.2) is 4.98 Å². The van der Waals surface area contributed by atoms with E-state index in [1.165, 1.54) is 0 Å². The van der Waals surface area contributed by atoms with Crippen molar-refractivity contribution in [1.82, 2.24) is 10.3 Å². The van der Waals surface area contributed by atoms with Crippen molar-refractivity contribution in [1.29, 1.82) is 0 Å². The maximum absolute atomic E-state index is 6.30. The minimum Gasteiger partial charge on any atom is -0.357 e. The SMILES string of the molecule is CC(NC1CCN(c2ccccn2)CC1)c1ccc(Cl)cc1Cl. The van der Waals surface area contributed by atoms with Crippen LogP contribution in [0.3, 0.4) is 0 Å². The molecule has 0 amide bonds. The number of rotatable bonds is 4. The number of nitrogens with zero attached hydrogens (tertiary/aromatic N) is 2. The number of hydrogen-bond donors (Lipinski definition) is 1. The minimum atomic E-state index is 0.214. The molecule has 2 heterocycles. The number of piperidine rings is 1. The van der Waals surface area contributed by atoms with Crippen LogP contribution in [0.15, 0.2) is 42.6 Å². The highest BCUT2D eigenvalue weighted by Crippen LogP contribution is 2.27. The molecule has 5 heteroatoms. The zero-order chi connectivity index (χ0) is 16.2. The van der Waals surface area contributed by atoms with Crippen LogP contribution in [0.5, 0.6) is 0 Å². The molecule has 1 N–H and O–H groups in total. The molecule has 0 aliphatic carbocycles. The average Bonchev–Trinajstić information content (AvgIpc) is 2.56. The third kappa shape index (κ3) is 4.17. The Balaban J connectivity index is 1.56. The van der Waals surface area contributed by atoms with Gasteiger partial charge in [0.25, 0.3) is 0 Å². The molecular formula is C18H21Cl2N3. The Bertz CT molecular complexity index is 640. The van der Waals surface area contributed by atoms with Crippen molar-refractivity contribution in [2.75, 3.05) is 18.0 Å². The van der Waals surface area contributed by atoms with Crippen molar-refractivity contribution in [3.8, 4) is 0 Å². The van der Waals surface area contributed by atoms with Crippen LogP contribution in [0.1, 0.15) is 31.4 Å². The smallest absolute Gasteiger partial charge is 0.128 e. The number of aromatic nitrogens is 1. The third-order valence-electron chi connectivity index (χ3n) is 4.38. The second-order valence-corrected chi connectivity index (χ2v) is 6.85. The van der Waals surface area contributed by atoms with Gasteiger partial charge in [-0.2, -0.15) is 0 Å². The third-order valence-corrected chi connectivity index (χ3v) is 4.95. The molecule has 23 heavy (non-hydrogen) atoms. The van der Waals surface area contributed by atoms with Crippen LogP contribution >= 0.6 is 23.2 Å². The Labute approximate surface area is 147 Å². The molecule has 1 aromatic carbocycles. The van der Waals surface area contributed by atoms with E-state index in [0.29, 0.717) is 11.1 Å². The molecule has 2 aromatic rings. The van der Waals surface area contributed by atoms with Crippen LogP contribution in [-0.4, -0.2) is 24.1 Å². The van der Waals surface area contributed by atoms with Crippen molar-refractivity contribution >= 4 is 29.0 Å². The van der Waals surface area contributed by atoms with E-state index in [1.54, 1.807) is 6.07 Å². The summed E-state index contributed by atoms with van der Waals surface area (Å²) in [6, 6.07) is 12.5. The van der Waals surface area contributed by atoms with Gasteiger partial charge >= 0.3 is 0 Å². The second-order valence-electron chi connectivity index (χ2n) is 6.00. The van der Waals surface area contributed by atoms with Crippen molar-refractivity contribution in [3.63, 3.8) is 0 Å². The van der Waals surface area contributed by atoms with Crippen LogP contribution in [0.25, 0.3) is 0 Å². The van der Waals surface area contributed by atoms with Crippen molar-refractivity contribution in [3.05, 3.63) is 58.2 Å². The fourth-order valence-electron chi connectivity index (χ4n) is 3.11. The number of hydrogen-bond acceptors (Lipinski definition) is 3. The van der Waals surface area contributed by atoms with Gasteiger partial charge in [0, 0.05) is 41.4 Å². The van der Waals surface area contributed by atoms with E-state index in [-0.39, 0.29) is 6.04 Å². The highest BCUT2D eigenvalue weighted by atomic mass is 35.5. The van der Waals surface area contributed by atoms with Crippen LogP contribution in [0, 0.1) is 0 Å². The summed E-state index contributed by atoms with van der Waals surface area (Å²) < 4.78 is 0. The molecule has 1 aliphatic heterocycles. The van der Waals surface area contributed by atoms with Crippen LogP contribution in [0.4, 0.5) is 5.82 Å². The summed E-state index contributed by atoms with van der Waals surface area (Å²) in [5, 5.41) is 5.09. The van der Waals surface area contributed by atoms with Gasteiger partial charge in [0.2, 0.25) is 0 Å². The largest absolute Gasteiger partial charge is 0.357 e. The average molecular weight is 350 g/mol. The van der Waals surface area contributed by atoms with Gasteiger partial charge < -0.3 is 10.2 Å². The Kier molecular flexibility index (Phi) is 5.42. The summed E-state index contributed by atoms with van der Waals surface area (Å²) in [6.45, 7) is 4.20. The molecule has 1 unspecified atom stereocenters. The summed E-state index contributed by atoms with van der Waals surface area (Å²) >= 11 is 12.3. The lowest BCUT2D eigenvalue weighted by atomic mass is 10.0. The first-order chi connectivity index (χ1) is 11.1. The lowest BCUT2D eigenvalue weighted by molar-refractivity contribution is 0.380. The molecule has 0 spiro atoms. The van der Waals surface area contributed by atoms with E-state index in [1.807, 2.05) is 30.5 Å². The zero-order valence-electron chi connectivity index (χ0n) is 13.2. The molecule has 0 radical (unpaired) electrons. The number of halogens is 2. The minimum absolute atomic E-state index is 0.214. The molecule has 0 bridgehead atoms. The highest BCUT2D eigenvalue weighted by molar-refractivity contribution is 6.35. The lowest BCUT2D eigenvalue weighted by Gasteiger charge is -2.34. The lowest BCUT2D eigenvalue weighted by Crippen LogP contribution is -2.43. The molecule has 1 fully saturated rings. The van der Waals surface area contributed by atoms with E-state index < -0.39 is 0 Å². The summed E-state index contributed by atoms with van der Waals surface area (Å²) in [5.74, 6) is 1.07. The van der Waals surface area contributed by atoms with Gasteiger partial charge in [-0.05, 0) is 49.6 Å². The standard InChI is InChI=1S/C18H21Cl2N3/c1-13(16-6-5-14(19)12-17(16)20)22-15-7-10-23(11-8-15)18-4-2-3-9-21-18/h2-6,9,12-13,15,22H,7-8,10-11H2,1H3. The second kappa shape index (κ2) is 7.52. The van der Waals surface area contributed by atoms with E-state index in [4.69, 9.17) is 23.2 Å². The normalized spacial score (nSPS) is 17.3. The first kappa shape index (κ1) is 16.6. The quantitative estimate of drug-likeness (QED) is 0.866. The molecule has 122 valence electrons. The monoisotopic (exact) mass is 349 g/mol. The maximum atomic E-state index is 6.30. The van der Waals surface area contributed by atoms with E-state index in [2.05, 4.69) is 28.2 Å². The summed E-state index contributed by atoms with van der Waals surface area (Å²) in [4.78, 5) is 6.78. The van der Waals surface area contributed by atoms with E-state index >= 15 is 0 Å². The van der Waals surface area contributed by atoms with Crippen molar-refractivity contribution in [2.24, 2.45) is 0 Å². The van der Waals surface area contributed by atoms with E-state index in [0.717, 1.165) is 42.3 Å². The molecule has 1 aromatic heterocycles. The Morgan fingerprint density at radius 3 is 2.61 bits per heavy atom. The van der Waals surface area contributed by atoms with Crippen LogP contribution < -0.4 is 10.2 Å². The van der Waals surface area contributed by atoms with Gasteiger partial charge in [-0.15, -0.1) is 0 Å². The molecule has 3 nitrogen and oxygen atoms in total. The Morgan fingerprint density at radius 1 is 1.17 bits per heavy atom. The van der Waals surface area contributed by atoms with Gasteiger partial charge in [-0.1, -0.05) is 35.3 Å². The van der Waals surface area contributed by atoms with Gasteiger partial charge in [0.1, 0.15) is 5.82 Å². The predicted molar refractivity (Wildman–Crippen MR) is 97.5 cm³/mol. The van der Waals surface area contributed by atoms with Crippen molar-refractivity contribution in [2.45, 2.75) is 31.8 Å². The first-order valence-electron chi connectivity index (χ1n) is 8.00. The molecular weight excluding hydrogens is 329 g/mol. The molecule has 1 aliphatic rings. The maximum Gasteiger partial charge on any atom is 0.128 e. The fourth-order valence-corrected chi connectivity index (χ4v) is 3.68. The summed E-state index contributed by atoms with van der Waals surface area (Å²) in [5.41, 5.74) is 1.10. The molecule has 3 rings (SSSR count). The Hall–Kier alpha value is -1.29. The Morgan fingerprint density at radius 2 is 1.96 bits per heavy atom. The molecule has 0 saturated carbocycles. The number of pyridine rings is 1. The number of nitrogens with one attached hydrogen (secondary N) is 1. The van der Waals surface area contributed by atoms with Gasteiger partial charge in [-0.3, -0.25) is 0 Å². The molecule has 1 saturated heterocycles. The first-order valence-corrected chi connectivity index (χ1v) is 8.76. The van der Waals surface area contributed by atoms with Crippen molar-refractivity contribution < 1.29 is 0 Å². The highest BCUT2D eigenvalue weighted by Gasteiger charge is 2.22. The molecule has 1 atom stereocenters. The summed E-state index contributed by atoms with van der Waals surface area (Å²) in [6.07, 6.45) is 4.06. The predicted octanol–water partition coefficient (Wildman–Crippen LogP) is 4.71. The van der Waals surface area contributed by atoms with Crippen LogP contribution in [0.2, 0.25) is 10.0 Å². The van der Waals surface area contributed by atoms with Gasteiger partial charge in [0.05, 0.1) is 0 Å². The topological polar surface area (TPSA) is 28.2 Å². The zero-order valence-corrected chi connectivity index (χ0v) is 14.7. The van der Waals surface area contributed by atoms with Crippen LogP contribution in [-0.2, 0) is 0 Å². The summed E-state index contributed by atoms with van der Waals surface area (Å²) in [7, 11) is 0. The number of anilines is 1. The number of benzene rings is 1. The fraction of sp³-hybridized carbons (Fsp3) is 0.389.